The molecule has 0 radical (unpaired) electrons. The minimum Gasteiger partial charge on any atom is -0.297 e. The fourth-order valence-corrected chi connectivity index (χ4v) is 4.34. The molecule has 0 saturated carbocycles. The number of hydrogen-bond donors (Lipinski definition) is 2. The summed E-state index contributed by atoms with van der Waals surface area (Å²) in [5, 5.41) is 8.54. The van der Waals surface area contributed by atoms with E-state index >= 15 is 0 Å². The number of aromatic nitrogens is 3. The molecular weight excluding hydrogens is 417 g/mol. The number of nitrogens with zero attached hydrogens (tertiary/aromatic N) is 4. The topological polar surface area (TPSA) is 83.3 Å². The SMILES string of the molecule is O=S(O)NCc1ccc(F)c(C2CCN(Cc3cn(Cc4ccccc4)nn3)CC2)c1. The summed E-state index contributed by atoms with van der Waals surface area (Å²) in [4.78, 5) is 2.32. The van der Waals surface area contributed by atoms with Crippen LogP contribution in [-0.4, -0.2) is 41.7 Å². The average Bonchev–Trinajstić information content (AvgIpc) is 3.21. The first kappa shape index (κ1) is 21.8. The first-order chi connectivity index (χ1) is 15.1. The molecule has 1 aliphatic rings. The molecule has 0 amide bonds. The predicted octanol–water partition coefficient (Wildman–Crippen LogP) is 3.07. The maximum Gasteiger partial charge on any atom is 0.232 e. The van der Waals surface area contributed by atoms with Gasteiger partial charge in [-0.15, -0.1) is 5.10 Å². The highest BCUT2D eigenvalue weighted by molar-refractivity contribution is 7.77. The van der Waals surface area contributed by atoms with Crippen molar-refractivity contribution >= 4 is 11.3 Å². The average molecular weight is 444 g/mol. The lowest BCUT2D eigenvalue weighted by Crippen LogP contribution is -2.32. The lowest BCUT2D eigenvalue weighted by Gasteiger charge is -2.31. The molecule has 1 saturated heterocycles. The van der Waals surface area contributed by atoms with Crippen LogP contribution in [-0.2, 0) is 30.9 Å². The quantitative estimate of drug-likeness (QED) is 0.523. The highest BCUT2D eigenvalue weighted by atomic mass is 32.2. The second kappa shape index (κ2) is 10.2. The van der Waals surface area contributed by atoms with Crippen LogP contribution in [0.25, 0.3) is 0 Å². The highest BCUT2D eigenvalue weighted by Gasteiger charge is 2.24. The van der Waals surface area contributed by atoms with Crippen molar-refractivity contribution < 1.29 is 13.2 Å². The zero-order chi connectivity index (χ0) is 21.6. The van der Waals surface area contributed by atoms with Crippen molar-refractivity contribution in [3.8, 4) is 0 Å². The second-order valence-corrected chi connectivity index (χ2v) is 8.66. The van der Waals surface area contributed by atoms with E-state index < -0.39 is 11.3 Å². The summed E-state index contributed by atoms with van der Waals surface area (Å²) in [5.74, 6) is -0.0687. The molecule has 2 heterocycles. The van der Waals surface area contributed by atoms with Gasteiger partial charge in [0.05, 0.1) is 18.4 Å². The van der Waals surface area contributed by atoms with E-state index in [0.717, 1.165) is 43.7 Å². The molecule has 7 nitrogen and oxygen atoms in total. The van der Waals surface area contributed by atoms with Crippen molar-refractivity contribution in [1.29, 1.82) is 0 Å². The van der Waals surface area contributed by atoms with Crippen LogP contribution in [0.2, 0.25) is 0 Å². The molecular formula is C22H26FN5O2S. The molecule has 1 unspecified atom stereocenters. The molecule has 0 spiro atoms. The van der Waals surface area contributed by atoms with Crippen LogP contribution >= 0.6 is 0 Å². The van der Waals surface area contributed by atoms with Crippen molar-refractivity contribution in [2.24, 2.45) is 0 Å². The van der Waals surface area contributed by atoms with Gasteiger partial charge in [-0.05, 0) is 54.6 Å². The monoisotopic (exact) mass is 443 g/mol. The van der Waals surface area contributed by atoms with E-state index in [4.69, 9.17) is 4.55 Å². The van der Waals surface area contributed by atoms with Crippen molar-refractivity contribution in [2.75, 3.05) is 13.1 Å². The third-order valence-corrected chi connectivity index (χ3v) is 6.04. The third kappa shape index (κ3) is 6.04. The summed E-state index contributed by atoms with van der Waals surface area (Å²) in [5.41, 5.74) is 3.61. The van der Waals surface area contributed by atoms with E-state index in [1.807, 2.05) is 35.1 Å². The minimum atomic E-state index is -2.08. The summed E-state index contributed by atoms with van der Waals surface area (Å²) in [6.45, 7) is 3.38. The molecule has 2 aromatic carbocycles. The Hall–Kier alpha value is -2.46. The zero-order valence-corrected chi connectivity index (χ0v) is 18.0. The second-order valence-electron chi connectivity index (χ2n) is 7.87. The van der Waals surface area contributed by atoms with Gasteiger partial charge >= 0.3 is 0 Å². The van der Waals surface area contributed by atoms with Gasteiger partial charge < -0.3 is 0 Å². The Bertz CT molecular complexity index is 1020. The van der Waals surface area contributed by atoms with Crippen LogP contribution in [0.1, 0.15) is 41.1 Å². The highest BCUT2D eigenvalue weighted by Crippen LogP contribution is 2.31. The number of nitrogens with one attached hydrogen (secondary N) is 1. The Morgan fingerprint density at radius 2 is 1.87 bits per heavy atom. The van der Waals surface area contributed by atoms with Gasteiger partial charge in [-0.1, -0.05) is 47.7 Å². The number of halogens is 1. The van der Waals surface area contributed by atoms with Crippen LogP contribution in [0.3, 0.4) is 0 Å². The maximum absolute atomic E-state index is 14.4. The molecule has 9 heteroatoms. The molecule has 1 fully saturated rings. The number of benzene rings is 2. The van der Waals surface area contributed by atoms with E-state index in [-0.39, 0.29) is 18.3 Å². The minimum absolute atomic E-state index is 0.143. The van der Waals surface area contributed by atoms with Gasteiger partial charge in [-0.3, -0.25) is 9.45 Å². The number of likely N-dealkylation sites (tertiary alicyclic amines) is 1. The molecule has 1 aromatic heterocycles. The molecule has 0 bridgehead atoms. The summed E-state index contributed by atoms with van der Waals surface area (Å²) >= 11 is -2.08. The summed E-state index contributed by atoms with van der Waals surface area (Å²) in [6, 6.07) is 15.1. The molecule has 4 rings (SSSR count). The fourth-order valence-electron chi connectivity index (χ4n) is 4.05. The number of rotatable bonds is 8. The molecule has 0 aliphatic carbocycles. The van der Waals surface area contributed by atoms with E-state index in [1.54, 1.807) is 6.07 Å². The van der Waals surface area contributed by atoms with Gasteiger partial charge in [0.15, 0.2) is 0 Å². The Morgan fingerprint density at radius 3 is 2.61 bits per heavy atom. The summed E-state index contributed by atoms with van der Waals surface area (Å²) in [6.07, 6.45) is 3.70. The van der Waals surface area contributed by atoms with Crippen molar-refractivity contribution in [2.45, 2.75) is 38.4 Å². The van der Waals surface area contributed by atoms with Gasteiger partial charge in [0.1, 0.15) is 5.82 Å². The van der Waals surface area contributed by atoms with Crippen LogP contribution in [0.5, 0.6) is 0 Å². The van der Waals surface area contributed by atoms with Crippen molar-refractivity contribution in [1.82, 2.24) is 24.6 Å². The lowest BCUT2D eigenvalue weighted by atomic mass is 9.88. The first-order valence-corrected chi connectivity index (χ1v) is 11.5. The van der Waals surface area contributed by atoms with Crippen molar-refractivity contribution in [3.63, 3.8) is 0 Å². The van der Waals surface area contributed by atoms with Gasteiger partial charge in [0.25, 0.3) is 0 Å². The molecule has 1 aliphatic heterocycles. The molecule has 1 atom stereocenters. The van der Waals surface area contributed by atoms with Crippen LogP contribution in [0.4, 0.5) is 4.39 Å². The van der Waals surface area contributed by atoms with E-state index in [1.165, 1.54) is 11.6 Å². The summed E-state index contributed by atoms with van der Waals surface area (Å²) < 4.78 is 38.4. The molecule has 31 heavy (non-hydrogen) atoms. The largest absolute Gasteiger partial charge is 0.297 e. The molecule has 164 valence electrons. The predicted molar refractivity (Wildman–Crippen MR) is 117 cm³/mol. The fraction of sp³-hybridized carbons (Fsp3) is 0.364. The smallest absolute Gasteiger partial charge is 0.232 e. The van der Waals surface area contributed by atoms with Gasteiger partial charge in [-0.25, -0.2) is 18.0 Å². The van der Waals surface area contributed by atoms with Gasteiger partial charge in [-0.2, -0.15) is 0 Å². The Morgan fingerprint density at radius 1 is 1.10 bits per heavy atom. The van der Waals surface area contributed by atoms with E-state index in [0.29, 0.717) is 12.1 Å². The first-order valence-electron chi connectivity index (χ1n) is 10.3. The molecule has 3 aromatic rings. The lowest BCUT2D eigenvalue weighted by molar-refractivity contribution is 0.201. The van der Waals surface area contributed by atoms with Crippen LogP contribution in [0, 0.1) is 5.82 Å². The standard InChI is InChI=1S/C22H26FN5O2S/c23-22-7-6-18(13-24-31(29)30)12-21(22)19-8-10-27(11-9-19)15-20-16-28(26-25-20)14-17-4-2-1-3-5-17/h1-7,12,16,19,24H,8-11,13-15H2,(H,29,30). The zero-order valence-electron chi connectivity index (χ0n) is 17.2. The van der Waals surface area contributed by atoms with Crippen LogP contribution < -0.4 is 4.72 Å². The third-order valence-electron chi connectivity index (χ3n) is 5.65. The number of hydrogen-bond acceptors (Lipinski definition) is 4. The number of piperidine rings is 1. The van der Waals surface area contributed by atoms with Gasteiger partial charge in [0.2, 0.25) is 11.3 Å². The maximum atomic E-state index is 14.4. The Labute approximate surface area is 183 Å². The van der Waals surface area contributed by atoms with E-state index in [9.17, 15) is 8.60 Å². The van der Waals surface area contributed by atoms with Crippen LogP contribution in [0.15, 0.2) is 54.7 Å². The van der Waals surface area contributed by atoms with Gasteiger partial charge in [0, 0.05) is 13.1 Å². The molecule has 2 N–H and O–H groups in total. The Kier molecular flexibility index (Phi) is 7.18. The van der Waals surface area contributed by atoms with Crippen molar-refractivity contribution in [3.05, 3.63) is 82.9 Å². The Balaban J connectivity index is 1.31. The summed E-state index contributed by atoms with van der Waals surface area (Å²) in [7, 11) is 0. The van der Waals surface area contributed by atoms with E-state index in [2.05, 4.69) is 32.1 Å². The normalized spacial score (nSPS) is 16.5.